The van der Waals surface area contributed by atoms with Gasteiger partial charge in [0.1, 0.15) is 0 Å². The zero-order valence-corrected chi connectivity index (χ0v) is 7.55. The number of hydrogen-bond acceptors (Lipinski definition) is 2. The van der Waals surface area contributed by atoms with Gasteiger partial charge in [0.05, 0.1) is 12.1 Å². The third kappa shape index (κ3) is 2.48. The zero-order valence-electron chi connectivity index (χ0n) is 7.55. The lowest BCUT2D eigenvalue weighted by atomic mass is 10.2. The first-order valence-corrected chi connectivity index (χ1v) is 4.71. The molecule has 1 aliphatic rings. The smallest absolute Gasteiger partial charge is 0.220 e. The number of aliphatic hydroxyl groups excluding tert-OH is 1. The molecule has 0 radical (unpaired) electrons. The molecule has 70 valence electrons. The summed E-state index contributed by atoms with van der Waals surface area (Å²) in [7, 11) is 0. The van der Waals surface area contributed by atoms with Crippen LogP contribution in [0.3, 0.4) is 0 Å². The molecule has 2 atom stereocenters. The highest BCUT2D eigenvalue weighted by Crippen LogP contribution is 2.18. The maximum Gasteiger partial charge on any atom is 0.220 e. The Morgan fingerprint density at radius 1 is 1.58 bits per heavy atom. The van der Waals surface area contributed by atoms with Crippen LogP contribution in [0.5, 0.6) is 0 Å². The van der Waals surface area contributed by atoms with Gasteiger partial charge in [0.25, 0.3) is 0 Å². The van der Waals surface area contributed by atoms with Crippen molar-refractivity contribution in [2.75, 3.05) is 0 Å². The van der Waals surface area contributed by atoms with Crippen molar-refractivity contribution in [3.05, 3.63) is 0 Å². The van der Waals surface area contributed by atoms with E-state index < -0.39 is 0 Å². The lowest BCUT2D eigenvalue weighted by Gasteiger charge is -2.15. The minimum absolute atomic E-state index is 0.0176. The van der Waals surface area contributed by atoms with Crippen LogP contribution in [0.4, 0.5) is 0 Å². The minimum atomic E-state index is -0.314. The lowest BCUT2D eigenvalue weighted by Crippen LogP contribution is -2.39. The minimum Gasteiger partial charge on any atom is -0.391 e. The molecule has 0 aromatic rings. The molecular weight excluding hydrogens is 154 g/mol. The molecule has 1 fully saturated rings. The average molecular weight is 171 g/mol. The predicted molar refractivity (Wildman–Crippen MR) is 46.7 cm³/mol. The van der Waals surface area contributed by atoms with Gasteiger partial charge >= 0.3 is 0 Å². The van der Waals surface area contributed by atoms with Crippen molar-refractivity contribution in [3.8, 4) is 0 Å². The summed E-state index contributed by atoms with van der Waals surface area (Å²) in [6, 6.07) is 0.0176. The van der Waals surface area contributed by atoms with Crippen molar-refractivity contribution in [2.24, 2.45) is 0 Å². The van der Waals surface area contributed by atoms with Crippen LogP contribution >= 0.6 is 0 Å². The normalized spacial score (nSPS) is 28.8. The maximum absolute atomic E-state index is 11.1. The van der Waals surface area contributed by atoms with Crippen LogP contribution in [-0.4, -0.2) is 23.2 Å². The van der Waals surface area contributed by atoms with E-state index in [9.17, 15) is 9.90 Å². The fourth-order valence-electron chi connectivity index (χ4n) is 1.61. The Hall–Kier alpha value is -0.570. The monoisotopic (exact) mass is 171 g/mol. The summed E-state index contributed by atoms with van der Waals surface area (Å²) in [6.07, 6.45) is 3.91. The van der Waals surface area contributed by atoms with Gasteiger partial charge in [-0.2, -0.15) is 0 Å². The molecule has 0 heterocycles. The molecule has 0 spiro atoms. The molecule has 1 rings (SSSR count). The van der Waals surface area contributed by atoms with E-state index in [0.717, 1.165) is 25.7 Å². The molecule has 1 amide bonds. The van der Waals surface area contributed by atoms with E-state index in [1.165, 1.54) is 0 Å². The van der Waals surface area contributed by atoms with Gasteiger partial charge in [-0.15, -0.1) is 0 Å². The predicted octanol–water partition coefficient (Wildman–Crippen LogP) is 0.816. The van der Waals surface area contributed by atoms with Crippen LogP contribution in [0.15, 0.2) is 0 Å². The SMILES string of the molecule is CCCC(=O)N[C@H]1CCC[C@@H]1O. The number of aliphatic hydroxyl groups is 1. The van der Waals surface area contributed by atoms with Gasteiger partial charge in [0.15, 0.2) is 0 Å². The van der Waals surface area contributed by atoms with Crippen LogP contribution in [-0.2, 0) is 4.79 Å². The van der Waals surface area contributed by atoms with Crippen molar-refractivity contribution in [3.63, 3.8) is 0 Å². The second-order valence-electron chi connectivity index (χ2n) is 3.42. The molecule has 0 saturated heterocycles. The molecule has 3 heteroatoms. The quantitative estimate of drug-likeness (QED) is 0.660. The van der Waals surface area contributed by atoms with Gasteiger partial charge in [0.2, 0.25) is 5.91 Å². The Labute approximate surface area is 73.2 Å². The Morgan fingerprint density at radius 2 is 2.33 bits per heavy atom. The standard InChI is InChI=1S/C9H17NO2/c1-2-4-9(12)10-7-5-3-6-8(7)11/h7-8,11H,2-6H2,1H3,(H,10,12)/t7-,8-/m0/s1. The molecule has 1 saturated carbocycles. The van der Waals surface area contributed by atoms with E-state index in [2.05, 4.69) is 5.32 Å². The van der Waals surface area contributed by atoms with Crippen molar-refractivity contribution in [2.45, 2.75) is 51.2 Å². The first kappa shape index (κ1) is 9.52. The second-order valence-corrected chi connectivity index (χ2v) is 3.42. The number of hydrogen-bond donors (Lipinski definition) is 2. The maximum atomic E-state index is 11.1. The van der Waals surface area contributed by atoms with Crippen molar-refractivity contribution < 1.29 is 9.90 Å². The zero-order chi connectivity index (χ0) is 8.97. The van der Waals surface area contributed by atoms with E-state index in [-0.39, 0.29) is 18.1 Å². The third-order valence-corrected chi connectivity index (χ3v) is 2.30. The molecule has 2 N–H and O–H groups in total. The largest absolute Gasteiger partial charge is 0.391 e. The number of nitrogens with one attached hydrogen (secondary N) is 1. The average Bonchev–Trinajstić information content (AvgIpc) is 2.37. The highest BCUT2D eigenvalue weighted by atomic mass is 16.3. The third-order valence-electron chi connectivity index (χ3n) is 2.30. The second kappa shape index (κ2) is 4.45. The number of carbonyl (C=O) groups is 1. The fraction of sp³-hybridized carbons (Fsp3) is 0.889. The summed E-state index contributed by atoms with van der Waals surface area (Å²) in [4.78, 5) is 11.1. The molecule has 1 aliphatic carbocycles. The van der Waals surface area contributed by atoms with E-state index in [4.69, 9.17) is 0 Å². The van der Waals surface area contributed by atoms with E-state index >= 15 is 0 Å². The number of rotatable bonds is 3. The summed E-state index contributed by atoms with van der Waals surface area (Å²) in [5.41, 5.74) is 0. The Kier molecular flexibility index (Phi) is 3.53. The topological polar surface area (TPSA) is 49.3 Å². The van der Waals surface area contributed by atoms with E-state index in [1.54, 1.807) is 0 Å². The molecule has 0 unspecified atom stereocenters. The van der Waals surface area contributed by atoms with Crippen LogP contribution in [0.25, 0.3) is 0 Å². The molecular formula is C9H17NO2. The van der Waals surface area contributed by atoms with E-state index in [1.807, 2.05) is 6.92 Å². The first-order valence-electron chi connectivity index (χ1n) is 4.71. The number of amides is 1. The van der Waals surface area contributed by atoms with Crippen LogP contribution in [0.1, 0.15) is 39.0 Å². The first-order chi connectivity index (χ1) is 5.74. The Bertz CT molecular complexity index is 159. The summed E-state index contributed by atoms with van der Waals surface area (Å²) in [5, 5.41) is 12.2. The van der Waals surface area contributed by atoms with E-state index in [0.29, 0.717) is 6.42 Å². The van der Waals surface area contributed by atoms with Gasteiger partial charge in [-0.05, 0) is 25.7 Å². The summed E-state index contributed by atoms with van der Waals surface area (Å²) >= 11 is 0. The van der Waals surface area contributed by atoms with Crippen LogP contribution < -0.4 is 5.32 Å². The van der Waals surface area contributed by atoms with Crippen molar-refractivity contribution in [1.82, 2.24) is 5.32 Å². The molecule has 12 heavy (non-hydrogen) atoms. The molecule has 0 aliphatic heterocycles. The van der Waals surface area contributed by atoms with Gasteiger partial charge in [-0.25, -0.2) is 0 Å². The summed E-state index contributed by atoms with van der Waals surface area (Å²) < 4.78 is 0. The summed E-state index contributed by atoms with van der Waals surface area (Å²) in [6.45, 7) is 1.98. The van der Waals surface area contributed by atoms with Gasteiger partial charge in [-0.1, -0.05) is 6.92 Å². The van der Waals surface area contributed by atoms with Crippen LogP contribution in [0, 0.1) is 0 Å². The highest BCUT2D eigenvalue weighted by Gasteiger charge is 2.25. The van der Waals surface area contributed by atoms with Crippen molar-refractivity contribution >= 4 is 5.91 Å². The number of carbonyl (C=O) groups excluding carboxylic acids is 1. The molecule has 0 aromatic heterocycles. The molecule has 0 bridgehead atoms. The Balaban J connectivity index is 2.25. The molecule has 3 nitrogen and oxygen atoms in total. The highest BCUT2D eigenvalue weighted by molar-refractivity contribution is 5.76. The van der Waals surface area contributed by atoms with Crippen molar-refractivity contribution in [1.29, 1.82) is 0 Å². The van der Waals surface area contributed by atoms with Gasteiger partial charge in [0, 0.05) is 6.42 Å². The fourth-order valence-corrected chi connectivity index (χ4v) is 1.61. The van der Waals surface area contributed by atoms with Gasteiger partial charge < -0.3 is 10.4 Å². The molecule has 0 aromatic carbocycles. The van der Waals surface area contributed by atoms with Gasteiger partial charge in [-0.3, -0.25) is 4.79 Å². The van der Waals surface area contributed by atoms with Crippen LogP contribution in [0.2, 0.25) is 0 Å². The summed E-state index contributed by atoms with van der Waals surface area (Å²) in [5.74, 6) is 0.0726. The lowest BCUT2D eigenvalue weighted by molar-refractivity contribution is -0.122. The Morgan fingerprint density at radius 3 is 2.83 bits per heavy atom.